The molecule has 3 heterocycles. The number of carbonyl (C=O) groups excluding carboxylic acids is 1. The van der Waals surface area contributed by atoms with E-state index in [1.165, 1.54) is 10.4 Å². The Bertz CT molecular complexity index is 1200. The number of aromatic nitrogens is 1. The predicted molar refractivity (Wildman–Crippen MR) is 109 cm³/mol. The summed E-state index contributed by atoms with van der Waals surface area (Å²) in [7, 11) is -3.77. The van der Waals surface area contributed by atoms with Crippen LogP contribution in [0.5, 0.6) is 0 Å². The Morgan fingerprint density at radius 3 is 2.73 bits per heavy atom. The Labute approximate surface area is 174 Å². The molecule has 0 radical (unpaired) electrons. The van der Waals surface area contributed by atoms with Gasteiger partial charge in [-0.25, -0.2) is 13.2 Å². The van der Waals surface area contributed by atoms with Crippen molar-refractivity contribution >= 4 is 27.0 Å². The maximum atomic E-state index is 13.5. The first kappa shape index (κ1) is 20.6. The van der Waals surface area contributed by atoms with Gasteiger partial charge in [0.15, 0.2) is 0 Å². The molecule has 1 fully saturated rings. The molecule has 1 aliphatic heterocycles. The SMILES string of the molecule is CCOC(=O)c1oc2ccc(S(=O)(=O)N3CCC[C@H]3c3c(C)noc3C)cc2c1C. The van der Waals surface area contributed by atoms with Gasteiger partial charge < -0.3 is 13.7 Å². The fraction of sp³-hybridized carbons (Fsp3) is 0.429. The van der Waals surface area contributed by atoms with E-state index >= 15 is 0 Å². The summed E-state index contributed by atoms with van der Waals surface area (Å²) in [6.07, 6.45) is 1.47. The van der Waals surface area contributed by atoms with Crippen LogP contribution >= 0.6 is 0 Å². The topological polar surface area (TPSA) is 103 Å². The van der Waals surface area contributed by atoms with E-state index in [0.29, 0.717) is 41.0 Å². The summed E-state index contributed by atoms with van der Waals surface area (Å²) in [6.45, 7) is 7.71. The van der Waals surface area contributed by atoms with Gasteiger partial charge in [0.2, 0.25) is 15.8 Å². The van der Waals surface area contributed by atoms with Crippen molar-refractivity contribution < 1.29 is 26.9 Å². The fourth-order valence-corrected chi connectivity index (χ4v) is 5.86. The number of carbonyl (C=O) groups is 1. The van der Waals surface area contributed by atoms with Crippen LogP contribution in [0.25, 0.3) is 11.0 Å². The van der Waals surface area contributed by atoms with Gasteiger partial charge in [-0.3, -0.25) is 0 Å². The minimum Gasteiger partial charge on any atom is -0.460 e. The Kier molecular flexibility index (Phi) is 5.19. The molecule has 1 atom stereocenters. The summed E-state index contributed by atoms with van der Waals surface area (Å²) in [4.78, 5) is 12.3. The molecule has 30 heavy (non-hydrogen) atoms. The van der Waals surface area contributed by atoms with Crippen LogP contribution < -0.4 is 0 Å². The summed E-state index contributed by atoms with van der Waals surface area (Å²) in [6, 6.07) is 4.35. The molecule has 0 bridgehead atoms. The molecule has 8 nitrogen and oxygen atoms in total. The lowest BCUT2D eigenvalue weighted by molar-refractivity contribution is 0.0491. The summed E-state index contributed by atoms with van der Waals surface area (Å²) in [5.74, 6) is 0.171. The lowest BCUT2D eigenvalue weighted by Gasteiger charge is -2.24. The summed E-state index contributed by atoms with van der Waals surface area (Å²) < 4.78 is 44.4. The van der Waals surface area contributed by atoms with Crippen LogP contribution in [-0.4, -0.2) is 37.0 Å². The molecular formula is C21H24N2O6S. The van der Waals surface area contributed by atoms with Gasteiger partial charge in [0.05, 0.1) is 23.2 Å². The summed E-state index contributed by atoms with van der Waals surface area (Å²) >= 11 is 0. The highest BCUT2D eigenvalue weighted by molar-refractivity contribution is 7.89. The van der Waals surface area contributed by atoms with Crippen LogP contribution in [-0.2, 0) is 14.8 Å². The predicted octanol–water partition coefficient (Wildman–Crippen LogP) is 4.05. The summed E-state index contributed by atoms with van der Waals surface area (Å²) in [5.41, 5.74) is 2.54. The molecule has 0 aliphatic carbocycles. The van der Waals surface area contributed by atoms with Crippen molar-refractivity contribution in [3.63, 3.8) is 0 Å². The zero-order valence-corrected chi connectivity index (χ0v) is 18.2. The Morgan fingerprint density at radius 2 is 2.07 bits per heavy atom. The number of aryl methyl sites for hydroxylation is 3. The van der Waals surface area contributed by atoms with Crippen molar-refractivity contribution in [1.82, 2.24) is 9.46 Å². The van der Waals surface area contributed by atoms with Gasteiger partial charge in [0, 0.05) is 23.1 Å². The van der Waals surface area contributed by atoms with Crippen molar-refractivity contribution in [2.24, 2.45) is 0 Å². The minimum atomic E-state index is -3.77. The monoisotopic (exact) mass is 432 g/mol. The second-order valence-electron chi connectivity index (χ2n) is 7.45. The Hall–Kier alpha value is -2.65. The highest BCUT2D eigenvalue weighted by Gasteiger charge is 2.39. The molecule has 1 aromatic carbocycles. The van der Waals surface area contributed by atoms with Crippen molar-refractivity contribution in [3.8, 4) is 0 Å². The second kappa shape index (κ2) is 7.55. The largest absolute Gasteiger partial charge is 0.460 e. The number of nitrogens with zero attached hydrogens (tertiary/aromatic N) is 2. The highest BCUT2D eigenvalue weighted by Crippen LogP contribution is 2.40. The van der Waals surface area contributed by atoms with Crippen LogP contribution in [0.2, 0.25) is 0 Å². The second-order valence-corrected chi connectivity index (χ2v) is 9.34. The van der Waals surface area contributed by atoms with Gasteiger partial charge in [-0.1, -0.05) is 5.16 Å². The standard InChI is InChI=1S/C21H24N2O6S/c1-5-27-21(24)20-12(2)16-11-15(8-9-18(16)28-20)30(25,26)23-10-6-7-17(23)19-13(3)22-29-14(19)4/h8-9,11,17H,5-7,10H2,1-4H3/t17-/m0/s1. The number of sulfonamides is 1. The van der Waals surface area contributed by atoms with E-state index in [9.17, 15) is 13.2 Å². The zero-order chi connectivity index (χ0) is 21.6. The van der Waals surface area contributed by atoms with Crippen LogP contribution in [0.1, 0.15) is 58.9 Å². The van der Waals surface area contributed by atoms with E-state index < -0.39 is 16.0 Å². The molecule has 0 N–H and O–H groups in total. The summed E-state index contributed by atoms with van der Waals surface area (Å²) in [5, 5.41) is 4.56. The molecule has 0 spiro atoms. The smallest absolute Gasteiger partial charge is 0.374 e. The van der Waals surface area contributed by atoms with Gasteiger partial charge >= 0.3 is 5.97 Å². The van der Waals surface area contributed by atoms with E-state index in [-0.39, 0.29) is 23.3 Å². The van der Waals surface area contributed by atoms with Crippen molar-refractivity contribution in [2.45, 2.75) is 51.5 Å². The maximum absolute atomic E-state index is 13.5. The molecule has 4 rings (SSSR count). The third-order valence-corrected chi connectivity index (χ3v) is 7.50. The van der Waals surface area contributed by atoms with Gasteiger partial charge in [0.1, 0.15) is 11.3 Å². The van der Waals surface area contributed by atoms with Crippen molar-refractivity contribution in [2.75, 3.05) is 13.2 Å². The van der Waals surface area contributed by atoms with Gasteiger partial charge in [-0.05, 0) is 58.7 Å². The molecule has 9 heteroatoms. The van der Waals surface area contributed by atoms with Gasteiger partial charge in [-0.2, -0.15) is 4.31 Å². The number of furan rings is 1. The van der Waals surface area contributed by atoms with E-state index in [0.717, 1.165) is 12.0 Å². The third kappa shape index (κ3) is 3.22. The lowest BCUT2D eigenvalue weighted by atomic mass is 10.0. The normalized spacial score (nSPS) is 17.7. The van der Waals surface area contributed by atoms with E-state index in [4.69, 9.17) is 13.7 Å². The first-order chi connectivity index (χ1) is 14.3. The first-order valence-electron chi connectivity index (χ1n) is 9.90. The number of benzene rings is 1. The van der Waals surface area contributed by atoms with Gasteiger partial charge in [-0.15, -0.1) is 0 Å². The zero-order valence-electron chi connectivity index (χ0n) is 17.4. The van der Waals surface area contributed by atoms with Crippen LogP contribution in [0.4, 0.5) is 0 Å². The van der Waals surface area contributed by atoms with Crippen LogP contribution in [0.3, 0.4) is 0 Å². The van der Waals surface area contributed by atoms with E-state index in [2.05, 4.69) is 5.16 Å². The molecule has 2 aromatic heterocycles. The molecule has 3 aromatic rings. The number of hydrogen-bond donors (Lipinski definition) is 0. The van der Waals surface area contributed by atoms with Crippen LogP contribution in [0, 0.1) is 20.8 Å². The molecule has 0 saturated carbocycles. The number of esters is 1. The third-order valence-electron chi connectivity index (χ3n) is 5.60. The maximum Gasteiger partial charge on any atom is 0.374 e. The van der Waals surface area contributed by atoms with Crippen molar-refractivity contribution in [3.05, 3.63) is 46.5 Å². The van der Waals surface area contributed by atoms with Gasteiger partial charge in [0.25, 0.3) is 0 Å². The van der Waals surface area contributed by atoms with E-state index in [1.807, 2.05) is 6.92 Å². The number of hydrogen-bond acceptors (Lipinski definition) is 7. The quantitative estimate of drug-likeness (QED) is 0.560. The number of ether oxygens (including phenoxy) is 1. The Morgan fingerprint density at radius 1 is 1.30 bits per heavy atom. The van der Waals surface area contributed by atoms with Crippen molar-refractivity contribution in [1.29, 1.82) is 0 Å². The molecule has 1 saturated heterocycles. The lowest BCUT2D eigenvalue weighted by Crippen LogP contribution is -2.31. The molecule has 0 amide bonds. The molecule has 1 aliphatic rings. The minimum absolute atomic E-state index is 0.0937. The molecule has 0 unspecified atom stereocenters. The van der Waals surface area contributed by atoms with Crippen LogP contribution in [0.15, 0.2) is 32.0 Å². The Balaban J connectivity index is 1.75. The number of fused-ring (bicyclic) bond motifs is 1. The fourth-order valence-electron chi connectivity index (χ4n) is 4.17. The first-order valence-corrected chi connectivity index (χ1v) is 11.3. The average Bonchev–Trinajstić information content (AvgIpc) is 3.40. The number of rotatable bonds is 5. The van der Waals surface area contributed by atoms with E-state index in [1.54, 1.807) is 32.9 Å². The highest BCUT2D eigenvalue weighted by atomic mass is 32.2. The molecule has 160 valence electrons. The average molecular weight is 432 g/mol. The molecular weight excluding hydrogens is 408 g/mol.